The molecule has 7 nitrogen and oxygen atoms in total. The highest BCUT2D eigenvalue weighted by Crippen LogP contribution is 2.36. The van der Waals surface area contributed by atoms with Gasteiger partial charge in [-0.15, -0.1) is 15.3 Å². The van der Waals surface area contributed by atoms with E-state index in [1.54, 1.807) is 10.8 Å². The summed E-state index contributed by atoms with van der Waals surface area (Å²) in [6.07, 6.45) is 8.26. The first kappa shape index (κ1) is 19.0. The Morgan fingerprint density at radius 3 is 2.53 bits per heavy atom. The van der Waals surface area contributed by atoms with Crippen LogP contribution in [0.5, 0.6) is 0 Å². The van der Waals surface area contributed by atoms with Crippen molar-refractivity contribution in [2.24, 2.45) is 11.8 Å². The first-order chi connectivity index (χ1) is 14.8. The number of nitrogens with zero attached hydrogens (tertiary/aromatic N) is 5. The topological polar surface area (TPSA) is 75.4 Å². The van der Waals surface area contributed by atoms with Crippen molar-refractivity contribution in [2.75, 3.05) is 18.0 Å². The summed E-state index contributed by atoms with van der Waals surface area (Å²) < 4.78 is 1.69. The third-order valence-electron chi connectivity index (χ3n) is 6.67. The molecule has 1 N–H and O–H groups in total. The fourth-order valence-corrected chi connectivity index (χ4v) is 4.95. The molecule has 0 bridgehead atoms. The number of aromatic nitrogens is 4. The van der Waals surface area contributed by atoms with E-state index in [1.165, 1.54) is 31.2 Å². The molecule has 1 aliphatic heterocycles. The third kappa shape index (κ3) is 3.88. The molecule has 2 aliphatic rings. The van der Waals surface area contributed by atoms with Crippen LogP contribution in [0.15, 0.2) is 48.8 Å². The van der Waals surface area contributed by atoms with Crippen LogP contribution < -0.4 is 10.2 Å². The molecule has 3 aromatic rings. The SMILES string of the molecule is O=C(NC(c1ccccc1)C1CCCC1)C1CCN(c2ccc3nncn3n2)CC1. The Kier molecular flexibility index (Phi) is 5.34. The van der Waals surface area contributed by atoms with Gasteiger partial charge < -0.3 is 10.2 Å². The number of amides is 1. The van der Waals surface area contributed by atoms with Gasteiger partial charge in [-0.2, -0.15) is 4.52 Å². The lowest BCUT2D eigenvalue weighted by atomic mass is 9.89. The molecule has 2 fully saturated rings. The Morgan fingerprint density at radius 2 is 1.77 bits per heavy atom. The Balaban J connectivity index is 1.23. The largest absolute Gasteiger partial charge is 0.355 e. The number of carbonyl (C=O) groups excluding carboxylic acids is 1. The second-order valence-corrected chi connectivity index (χ2v) is 8.53. The van der Waals surface area contributed by atoms with Gasteiger partial charge in [-0.3, -0.25) is 4.79 Å². The number of hydrogen-bond acceptors (Lipinski definition) is 5. The average Bonchev–Trinajstić information content (AvgIpc) is 3.49. The fraction of sp³-hybridized carbons (Fsp3) is 0.478. The standard InChI is InChI=1S/C23H28N6O/c30-23(25-22(18-8-4-5-9-18)17-6-2-1-3-7-17)19-12-14-28(15-13-19)21-11-10-20-26-24-16-29(20)27-21/h1-3,6-7,10-11,16,18-19,22H,4-5,8-9,12-15H2,(H,25,30). The van der Waals surface area contributed by atoms with Crippen molar-refractivity contribution in [3.63, 3.8) is 0 Å². The molecule has 0 spiro atoms. The van der Waals surface area contributed by atoms with Crippen LogP contribution in [0.25, 0.3) is 5.65 Å². The number of nitrogens with one attached hydrogen (secondary N) is 1. The van der Waals surface area contributed by atoms with Crippen LogP contribution in [-0.4, -0.2) is 38.8 Å². The van der Waals surface area contributed by atoms with Gasteiger partial charge in [0, 0.05) is 19.0 Å². The Morgan fingerprint density at radius 1 is 1.00 bits per heavy atom. The zero-order valence-electron chi connectivity index (χ0n) is 17.2. The molecule has 30 heavy (non-hydrogen) atoms. The maximum atomic E-state index is 13.2. The molecule has 2 aromatic heterocycles. The average molecular weight is 405 g/mol. The number of anilines is 1. The van der Waals surface area contributed by atoms with Crippen LogP contribution in [0.4, 0.5) is 5.82 Å². The van der Waals surface area contributed by atoms with E-state index in [9.17, 15) is 4.79 Å². The number of carbonyl (C=O) groups is 1. The van der Waals surface area contributed by atoms with Gasteiger partial charge in [0.25, 0.3) is 0 Å². The van der Waals surface area contributed by atoms with Crippen molar-refractivity contribution >= 4 is 17.4 Å². The predicted octanol–water partition coefficient (Wildman–Crippen LogP) is 3.39. The minimum absolute atomic E-state index is 0.0625. The highest BCUT2D eigenvalue weighted by molar-refractivity contribution is 5.79. The smallest absolute Gasteiger partial charge is 0.223 e. The summed E-state index contributed by atoms with van der Waals surface area (Å²) in [7, 11) is 0. The highest BCUT2D eigenvalue weighted by Gasteiger charge is 2.31. The van der Waals surface area contributed by atoms with E-state index in [4.69, 9.17) is 0 Å². The molecule has 3 heterocycles. The zero-order valence-corrected chi connectivity index (χ0v) is 17.2. The molecule has 1 saturated carbocycles. The first-order valence-corrected chi connectivity index (χ1v) is 11.1. The van der Waals surface area contributed by atoms with Crippen LogP contribution in [0.1, 0.15) is 50.1 Å². The minimum atomic E-state index is 0.0625. The Hall–Kier alpha value is -2.96. The summed E-state index contributed by atoms with van der Waals surface area (Å²) in [5.41, 5.74) is 1.98. The van der Waals surface area contributed by atoms with Crippen molar-refractivity contribution in [2.45, 2.75) is 44.6 Å². The summed E-state index contributed by atoms with van der Waals surface area (Å²) in [5.74, 6) is 1.73. The molecule has 0 radical (unpaired) electrons. The van der Waals surface area contributed by atoms with E-state index < -0.39 is 0 Å². The Bertz CT molecular complexity index is 989. The number of piperidine rings is 1. The summed E-state index contributed by atoms with van der Waals surface area (Å²) in [6.45, 7) is 1.66. The lowest BCUT2D eigenvalue weighted by Gasteiger charge is -2.33. The highest BCUT2D eigenvalue weighted by atomic mass is 16.2. The van der Waals surface area contributed by atoms with E-state index in [-0.39, 0.29) is 17.9 Å². The van der Waals surface area contributed by atoms with Gasteiger partial charge in [-0.1, -0.05) is 43.2 Å². The van der Waals surface area contributed by atoms with Gasteiger partial charge >= 0.3 is 0 Å². The van der Waals surface area contributed by atoms with Crippen LogP contribution in [-0.2, 0) is 4.79 Å². The monoisotopic (exact) mass is 404 g/mol. The van der Waals surface area contributed by atoms with Crippen molar-refractivity contribution < 1.29 is 4.79 Å². The number of hydrogen-bond donors (Lipinski definition) is 1. The van der Waals surface area contributed by atoms with Crippen molar-refractivity contribution in [1.29, 1.82) is 0 Å². The van der Waals surface area contributed by atoms with E-state index >= 15 is 0 Å². The van der Waals surface area contributed by atoms with Gasteiger partial charge in [0.2, 0.25) is 5.91 Å². The quantitative estimate of drug-likeness (QED) is 0.705. The van der Waals surface area contributed by atoms with E-state index in [0.717, 1.165) is 37.4 Å². The van der Waals surface area contributed by atoms with Crippen LogP contribution >= 0.6 is 0 Å². The molecule has 5 rings (SSSR count). The molecule has 1 atom stereocenters. The van der Waals surface area contributed by atoms with E-state index in [1.807, 2.05) is 18.2 Å². The second-order valence-electron chi connectivity index (χ2n) is 8.53. The van der Waals surface area contributed by atoms with Gasteiger partial charge in [0.05, 0.1) is 6.04 Å². The Labute approximate surface area is 176 Å². The van der Waals surface area contributed by atoms with Gasteiger partial charge in [-0.25, -0.2) is 0 Å². The summed E-state index contributed by atoms with van der Waals surface area (Å²) in [6, 6.07) is 14.5. The molecule has 1 aliphatic carbocycles. The summed E-state index contributed by atoms with van der Waals surface area (Å²) in [4.78, 5) is 15.4. The maximum absolute atomic E-state index is 13.2. The molecule has 7 heteroatoms. The van der Waals surface area contributed by atoms with Crippen LogP contribution in [0.3, 0.4) is 0 Å². The van der Waals surface area contributed by atoms with Gasteiger partial charge in [0.1, 0.15) is 12.1 Å². The van der Waals surface area contributed by atoms with Crippen LogP contribution in [0.2, 0.25) is 0 Å². The van der Waals surface area contributed by atoms with Gasteiger partial charge in [0.15, 0.2) is 5.65 Å². The molecule has 1 saturated heterocycles. The normalized spacial score (nSPS) is 19.3. The summed E-state index contributed by atoms with van der Waals surface area (Å²) in [5, 5.41) is 15.9. The third-order valence-corrected chi connectivity index (χ3v) is 6.67. The lowest BCUT2D eigenvalue weighted by molar-refractivity contribution is -0.126. The van der Waals surface area contributed by atoms with Gasteiger partial charge in [-0.05, 0) is 49.3 Å². The minimum Gasteiger partial charge on any atom is -0.355 e. The maximum Gasteiger partial charge on any atom is 0.223 e. The first-order valence-electron chi connectivity index (χ1n) is 11.1. The molecule has 156 valence electrons. The predicted molar refractivity (Wildman–Crippen MR) is 115 cm³/mol. The number of fused-ring (bicyclic) bond motifs is 1. The second kappa shape index (κ2) is 8.42. The lowest BCUT2D eigenvalue weighted by Crippen LogP contribution is -2.43. The molecular formula is C23H28N6O. The van der Waals surface area contributed by atoms with Crippen molar-refractivity contribution in [3.8, 4) is 0 Å². The molecule has 1 amide bonds. The van der Waals surface area contributed by atoms with Crippen molar-refractivity contribution in [3.05, 3.63) is 54.4 Å². The van der Waals surface area contributed by atoms with E-state index in [0.29, 0.717) is 5.92 Å². The number of benzene rings is 1. The number of rotatable bonds is 5. The van der Waals surface area contributed by atoms with E-state index in [2.05, 4.69) is 49.8 Å². The molecular weight excluding hydrogens is 376 g/mol. The van der Waals surface area contributed by atoms with Crippen LogP contribution in [0, 0.1) is 11.8 Å². The summed E-state index contributed by atoms with van der Waals surface area (Å²) >= 11 is 0. The molecule has 1 aromatic carbocycles. The molecule has 1 unspecified atom stereocenters. The fourth-order valence-electron chi connectivity index (χ4n) is 4.95. The van der Waals surface area contributed by atoms with Crippen molar-refractivity contribution in [1.82, 2.24) is 25.1 Å². The zero-order chi connectivity index (χ0) is 20.3.